The molecule has 0 fully saturated rings. The molecule has 2 N–H and O–H groups in total. The summed E-state index contributed by atoms with van der Waals surface area (Å²) in [5, 5.41) is 13.0. The van der Waals surface area contributed by atoms with Gasteiger partial charge in [-0.3, -0.25) is 9.59 Å². The molecule has 0 saturated carbocycles. The van der Waals surface area contributed by atoms with Crippen LogP contribution in [0.5, 0.6) is 0 Å². The predicted octanol–water partition coefficient (Wildman–Crippen LogP) is 0.576. The SMILES string of the molecule is CCCNCC(O)CN1C(=O)C(=O)c2ccccc21. The quantitative estimate of drug-likeness (QED) is 0.581. The minimum absolute atomic E-state index is 0.137. The van der Waals surface area contributed by atoms with Gasteiger partial charge in [-0.25, -0.2) is 0 Å². The zero-order chi connectivity index (χ0) is 13.8. The largest absolute Gasteiger partial charge is 0.390 e. The molecule has 5 heteroatoms. The van der Waals surface area contributed by atoms with E-state index in [0.717, 1.165) is 13.0 Å². The van der Waals surface area contributed by atoms with E-state index in [-0.39, 0.29) is 6.54 Å². The maximum absolute atomic E-state index is 11.9. The fourth-order valence-electron chi connectivity index (χ4n) is 2.15. The molecule has 1 amide bonds. The Labute approximate surface area is 112 Å². The summed E-state index contributed by atoms with van der Waals surface area (Å²) in [4.78, 5) is 25.0. The Kier molecular flexibility index (Phi) is 4.29. The summed E-state index contributed by atoms with van der Waals surface area (Å²) >= 11 is 0. The maximum Gasteiger partial charge on any atom is 0.299 e. The molecule has 0 aliphatic carbocycles. The van der Waals surface area contributed by atoms with E-state index in [0.29, 0.717) is 17.8 Å². The number of carbonyl (C=O) groups is 2. The molecule has 0 aromatic heterocycles. The van der Waals surface area contributed by atoms with Crippen molar-refractivity contribution in [1.29, 1.82) is 0 Å². The summed E-state index contributed by atoms with van der Waals surface area (Å²) < 4.78 is 0. The van der Waals surface area contributed by atoms with Crippen LogP contribution in [0.1, 0.15) is 23.7 Å². The van der Waals surface area contributed by atoms with Gasteiger partial charge in [0, 0.05) is 6.54 Å². The summed E-state index contributed by atoms with van der Waals surface area (Å²) in [7, 11) is 0. The highest BCUT2D eigenvalue weighted by molar-refractivity contribution is 6.52. The van der Waals surface area contributed by atoms with Crippen LogP contribution in [0.25, 0.3) is 0 Å². The Morgan fingerprint density at radius 3 is 2.79 bits per heavy atom. The number of amides is 1. The smallest absolute Gasteiger partial charge is 0.299 e. The number of nitrogens with one attached hydrogen (secondary N) is 1. The van der Waals surface area contributed by atoms with Gasteiger partial charge in [0.1, 0.15) is 0 Å². The Bertz CT molecular complexity index is 487. The van der Waals surface area contributed by atoms with Gasteiger partial charge >= 0.3 is 0 Å². The average Bonchev–Trinajstić information content (AvgIpc) is 2.65. The van der Waals surface area contributed by atoms with Gasteiger partial charge in [-0.1, -0.05) is 19.1 Å². The zero-order valence-corrected chi connectivity index (χ0v) is 10.9. The number of aliphatic hydroxyl groups excluding tert-OH is 1. The Hall–Kier alpha value is -1.72. The van der Waals surface area contributed by atoms with Gasteiger partial charge in [0.15, 0.2) is 0 Å². The van der Waals surface area contributed by atoms with Crippen molar-refractivity contribution in [3.05, 3.63) is 29.8 Å². The predicted molar refractivity (Wildman–Crippen MR) is 72.3 cm³/mol. The number of fused-ring (bicyclic) bond motifs is 1. The van der Waals surface area contributed by atoms with Gasteiger partial charge < -0.3 is 15.3 Å². The summed E-state index contributed by atoms with van der Waals surface area (Å²) in [5.74, 6) is -1.06. The maximum atomic E-state index is 11.9. The van der Waals surface area contributed by atoms with Crippen molar-refractivity contribution in [2.45, 2.75) is 19.4 Å². The lowest BCUT2D eigenvalue weighted by atomic mass is 10.1. The number of para-hydroxylation sites is 1. The third-order valence-corrected chi connectivity index (χ3v) is 3.08. The number of hydrogen-bond donors (Lipinski definition) is 2. The van der Waals surface area contributed by atoms with Gasteiger partial charge in [0.2, 0.25) is 0 Å². The summed E-state index contributed by atoms with van der Waals surface area (Å²) in [6.45, 7) is 3.41. The zero-order valence-electron chi connectivity index (χ0n) is 10.9. The normalized spacial score (nSPS) is 15.8. The van der Waals surface area contributed by atoms with E-state index in [1.807, 2.05) is 6.92 Å². The lowest BCUT2D eigenvalue weighted by Crippen LogP contribution is -2.41. The lowest BCUT2D eigenvalue weighted by Gasteiger charge is -2.20. The molecule has 1 aromatic carbocycles. The third-order valence-electron chi connectivity index (χ3n) is 3.08. The van der Waals surface area contributed by atoms with E-state index in [9.17, 15) is 14.7 Å². The molecule has 1 aliphatic rings. The van der Waals surface area contributed by atoms with Crippen molar-refractivity contribution in [2.75, 3.05) is 24.5 Å². The van der Waals surface area contributed by atoms with Crippen molar-refractivity contribution in [2.24, 2.45) is 0 Å². The van der Waals surface area contributed by atoms with Crippen LogP contribution in [-0.2, 0) is 4.79 Å². The molecule has 102 valence electrons. The first-order valence-corrected chi connectivity index (χ1v) is 6.49. The molecule has 0 radical (unpaired) electrons. The van der Waals surface area contributed by atoms with Crippen LogP contribution >= 0.6 is 0 Å². The molecule has 2 rings (SSSR count). The number of ketones is 1. The molecule has 1 aromatic rings. The van der Waals surface area contributed by atoms with Crippen molar-refractivity contribution >= 4 is 17.4 Å². The molecule has 1 heterocycles. The summed E-state index contributed by atoms with van der Waals surface area (Å²) in [6, 6.07) is 6.87. The number of hydrogen-bond acceptors (Lipinski definition) is 4. The minimum atomic E-state index is -0.686. The number of Topliss-reactive ketones (excluding diaryl/α,β-unsaturated/α-hetero) is 1. The highest BCUT2D eigenvalue weighted by atomic mass is 16.3. The topological polar surface area (TPSA) is 69.6 Å². The van der Waals surface area contributed by atoms with Crippen LogP contribution in [0.4, 0.5) is 5.69 Å². The average molecular weight is 262 g/mol. The van der Waals surface area contributed by atoms with Crippen molar-refractivity contribution in [1.82, 2.24) is 5.32 Å². The standard InChI is InChI=1S/C14H18N2O3/c1-2-7-15-8-10(17)9-16-12-6-4-3-5-11(12)13(18)14(16)19/h3-6,10,15,17H,2,7-9H2,1H3. The molecule has 5 nitrogen and oxygen atoms in total. The fraction of sp³-hybridized carbons (Fsp3) is 0.429. The van der Waals surface area contributed by atoms with E-state index < -0.39 is 17.8 Å². The number of nitrogens with zero attached hydrogens (tertiary/aromatic N) is 1. The van der Waals surface area contributed by atoms with Crippen LogP contribution in [0.3, 0.4) is 0 Å². The first-order valence-electron chi connectivity index (χ1n) is 6.49. The minimum Gasteiger partial charge on any atom is -0.390 e. The van der Waals surface area contributed by atoms with Gasteiger partial charge in [0.05, 0.1) is 23.9 Å². The number of anilines is 1. The Morgan fingerprint density at radius 1 is 1.32 bits per heavy atom. The first-order chi connectivity index (χ1) is 9.15. The first kappa shape index (κ1) is 13.7. The molecule has 19 heavy (non-hydrogen) atoms. The van der Waals surface area contributed by atoms with Crippen LogP contribution in [0.2, 0.25) is 0 Å². The van der Waals surface area contributed by atoms with Crippen LogP contribution < -0.4 is 10.2 Å². The second-order valence-corrected chi connectivity index (χ2v) is 4.62. The molecule has 1 aliphatic heterocycles. The highest BCUT2D eigenvalue weighted by Gasteiger charge is 2.36. The van der Waals surface area contributed by atoms with E-state index in [2.05, 4.69) is 5.32 Å². The molecule has 1 unspecified atom stereocenters. The van der Waals surface area contributed by atoms with Crippen LogP contribution in [0, 0.1) is 0 Å². The third kappa shape index (κ3) is 2.83. The summed E-state index contributed by atoms with van der Waals surface area (Å²) in [5.41, 5.74) is 1.01. The molecule has 1 atom stereocenters. The molecular weight excluding hydrogens is 244 g/mol. The van der Waals surface area contributed by atoms with Crippen LogP contribution in [0.15, 0.2) is 24.3 Å². The fourth-order valence-corrected chi connectivity index (χ4v) is 2.15. The second-order valence-electron chi connectivity index (χ2n) is 4.62. The molecule has 0 saturated heterocycles. The van der Waals surface area contributed by atoms with E-state index in [1.54, 1.807) is 24.3 Å². The van der Waals surface area contributed by atoms with Crippen molar-refractivity contribution in [3.63, 3.8) is 0 Å². The second kappa shape index (κ2) is 5.95. The molecule has 0 bridgehead atoms. The van der Waals surface area contributed by atoms with E-state index in [4.69, 9.17) is 0 Å². The lowest BCUT2D eigenvalue weighted by molar-refractivity contribution is -0.114. The van der Waals surface area contributed by atoms with Gasteiger partial charge in [0.25, 0.3) is 11.7 Å². The summed E-state index contributed by atoms with van der Waals surface area (Å²) in [6.07, 6.45) is 0.297. The van der Waals surface area contributed by atoms with Gasteiger partial charge in [-0.05, 0) is 25.1 Å². The van der Waals surface area contributed by atoms with Crippen molar-refractivity contribution in [3.8, 4) is 0 Å². The number of aliphatic hydroxyl groups is 1. The highest BCUT2D eigenvalue weighted by Crippen LogP contribution is 2.28. The number of benzene rings is 1. The van der Waals surface area contributed by atoms with Gasteiger partial charge in [-0.2, -0.15) is 0 Å². The number of carbonyl (C=O) groups excluding carboxylic acids is 2. The van der Waals surface area contributed by atoms with Crippen molar-refractivity contribution < 1.29 is 14.7 Å². The van der Waals surface area contributed by atoms with Crippen LogP contribution in [-0.4, -0.2) is 42.5 Å². The Balaban J connectivity index is 2.05. The van der Waals surface area contributed by atoms with Gasteiger partial charge in [-0.15, -0.1) is 0 Å². The molecular formula is C14H18N2O3. The monoisotopic (exact) mass is 262 g/mol. The Morgan fingerprint density at radius 2 is 2.05 bits per heavy atom. The van der Waals surface area contributed by atoms with E-state index >= 15 is 0 Å². The molecule has 0 spiro atoms. The number of β-amino-alcohol motifs (C(OH)–C–C–N with tert-alkyl or cyclic N) is 1. The van der Waals surface area contributed by atoms with E-state index in [1.165, 1.54) is 4.90 Å². The number of rotatable bonds is 6.